The van der Waals surface area contributed by atoms with Crippen LogP contribution in [-0.4, -0.2) is 0 Å². The van der Waals surface area contributed by atoms with Gasteiger partial charge in [0.05, 0.1) is 16.0 Å². The number of para-hydroxylation sites is 3. The fraction of sp³-hybridized carbons (Fsp3) is 0.0169. The summed E-state index contributed by atoms with van der Waals surface area (Å²) in [6.45, 7) is 0. The highest BCUT2D eigenvalue weighted by molar-refractivity contribution is 7.23. The van der Waals surface area contributed by atoms with Crippen molar-refractivity contribution in [3.8, 4) is 55.5 Å². The van der Waals surface area contributed by atoms with Crippen molar-refractivity contribution in [2.24, 2.45) is 0 Å². The normalized spacial score (nSPS) is 13.0. The molecule has 0 N–H and O–H groups in total. The van der Waals surface area contributed by atoms with Crippen LogP contribution in [0.15, 0.2) is 229 Å². The van der Waals surface area contributed by atoms with E-state index in [0.717, 1.165) is 73.1 Å². The van der Waals surface area contributed by atoms with E-state index in [1.807, 2.05) is 17.4 Å². The molecule has 0 bridgehead atoms. The van der Waals surface area contributed by atoms with Crippen molar-refractivity contribution in [2.75, 3.05) is 4.90 Å². The van der Waals surface area contributed by atoms with E-state index < -0.39 is 5.41 Å². The van der Waals surface area contributed by atoms with Gasteiger partial charge in [0.15, 0.2) is 0 Å². The van der Waals surface area contributed by atoms with Crippen molar-refractivity contribution >= 4 is 49.5 Å². The molecule has 0 radical (unpaired) electrons. The third-order valence-corrected chi connectivity index (χ3v) is 14.2. The Bertz CT molecular complexity index is 3500. The lowest BCUT2D eigenvalue weighted by Crippen LogP contribution is -2.32. The van der Waals surface area contributed by atoms with Crippen LogP contribution in [0.25, 0.3) is 65.1 Å². The number of nitrogens with zero attached hydrogens (tertiary/aromatic N) is 1. The summed E-state index contributed by atoms with van der Waals surface area (Å²) in [5, 5.41) is 2.29. The Labute approximate surface area is 369 Å². The van der Waals surface area contributed by atoms with Crippen LogP contribution in [-0.2, 0) is 5.41 Å². The van der Waals surface area contributed by atoms with Gasteiger partial charge in [0, 0.05) is 49.1 Å². The molecule has 2 aliphatic rings. The molecular formula is C59H37NO2S. The van der Waals surface area contributed by atoms with Gasteiger partial charge in [-0.05, 0) is 81.9 Å². The van der Waals surface area contributed by atoms with Gasteiger partial charge in [-0.15, -0.1) is 11.3 Å². The van der Waals surface area contributed by atoms with Crippen LogP contribution in [0, 0.1) is 0 Å². The summed E-state index contributed by atoms with van der Waals surface area (Å²) < 4.78 is 14.5. The van der Waals surface area contributed by atoms with Crippen molar-refractivity contribution in [1.82, 2.24) is 0 Å². The average Bonchev–Trinajstić information content (AvgIpc) is 4.05. The molecule has 0 saturated heterocycles. The molecule has 2 aromatic heterocycles. The number of fused-ring (bicyclic) bond motifs is 11. The van der Waals surface area contributed by atoms with Crippen LogP contribution in [0.4, 0.5) is 17.1 Å². The van der Waals surface area contributed by atoms with E-state index in [9.17, 15) is 0 Å². The molecule has 11 aromatic rings. The second-order valence-corrected chi connectivity index (χ2v) is 17.4. The van der Waals surface area contributed by atoms with Crippen molar-refractivity contribution < 1.29 is 9.15 Å². The van der Waals surface area contributed by atoms with E-state index in [1.54, 1.807) is 0 Å². The lowest BCUT2D eigenvalue weighted by Gasteiger charge is -2.39. The number of ether oxygens (including phenoxy) is 1. The largest absolute Gasteiger partial charge is 0.457 e. The SMILES string of the molecule is c1ccc(-c2cc3cccc(-c4ccc(N(c5ccc6c(c5)C5(c7ccccc7Oc7ccccc75)c5ccccc5-6)c5c(-c6ccccc6)sc6ccccc56)cc4)c3o2)cc1. The standard InChI is InChI=1S/C59H37NO2S/c1-3-16-39(17-4-1)54-36-41-20-15-23-44(57(41)62-54)38-30-32-42(33-31-38)60(56-47-22-8-14-29-55(47)63-58(56)40-18-5-2-6-19-40)43-34-35-46-45-21-7-9-24-48(45)59(51(46)37-43)49-25-10-12-27-52(49)61-53-28-13-11-26-50(53)59/h1-37H. The lowest BCUT2D eigenvalue weighted by atomic mass is 9.66. The van der Waals surface area contributed by atoms with Crippen LogP contribution < -0.4 is 9.64 Å². The predicted molar refractivity (Wildman–Crippen MR) is 260 cm³/mol. The van der Waals surface area contributed by atoms with Crippen LogP contribution in [0.1, 0.15) is 22.3 Å². The quantitative estimate of drug-likeness (QED) is 0.167. The van der Waals surface area contributed by atoms with Crippen LogP contribution >= 0.6 is 11.3 Å². The maximum absolute atomic E-state index is 6.70. The zero-order valence-electron chi connectivity index (χ0n) is 34.0. The number of hydrogen-bond donors (Lipinski definition) is 0. The van der Waals surface area contributed by atoms with Crippen molar-refractivity contribution in [3.05, 3.63) is 247 Å². The summed E-state index contributed by atoms with van der Waals surface area (Å²) >= 11 is 1.84. The van der Waals surface area contributed by atoms with Gasteiger partial charge >= 0.3 is 0 Å². The first-order valence-electron chi connectivity index (χ1n) is 21.4. The molecule has 3 heterocycles. The van der Waals surface area contributed by atoms with E-state index in [-0.39, 0.29) is 0 Å². The minimum atomic E-state index is -0.595. The molecule has 0 unspecified atom stereocenters. The van der Waals surface area contributed by atoms with E-state index >= 15 is 0 Å². The molecule has 0 fully saturated rings. The van der Waals surface area contributed by atoms with E-state index in [2.05, 4.69) is 223 Å². The summed E-state index contributed by atoms with van der Waals surface area (Å²) in [5.41, 5.74) is 15.3. The van der Waals surface area contributed by atoms with Gasteiger partial charge in [-0.1, -0.05) is 176 Å². The Morgan fingerprint density at radius 3 is 1.78 bits per heavy atom. The van der Waals surface area contributed by atoms with E-state index in [1.165, 1.54) is 42.8 Å². The minimum absolute atomic E-state index is 0.595. The van der Waals surface area contributed by atoms with Gasteiger partial charge in [-0.2, -0.15) is 0 Å². The molecule has 296 valence electrons. The molecule has 9 aromatic carbocycles. The smallest absolute Gasteiger partial charge is 0.142 e. The molecule has 4 heteroatoms. The Balaban J connectivity index is 1.05. The van der Waals surface area contributed by atoms with Crippen LogP contribution in [0.5, 0.6) is 11.5 Å². The van der Waals surface area contributed by atoms with Crippen molar-refractivity contribution in [2.45, 2.75) is 5.41 Å². The zero-order valence-corrected chi connectivity index (χ0v) is 34.9. The third kappa shape index (κ3) is 5.38. The lowest BCUT2D eigenvalue weighted by molar-refractivity contribution is 0.436. The van der Waals surface area contributed by atoms with Gasteiger partial charge in [0.2, 0.25) is 0 Å². The van der Waals surface area contributed by atoms with Gasteiger partial charge in [0.1, 0.15) is 22.8 Å². The van der Waals surface area contributed by atoms with Crippen LogP contribution in [0.3, 0.4) is 0 Å². The van der Waals surface area contributed by atoms with Gasteiger partial charge < -0.3 is 14.1 Å². The Hall–Kier alpha value is -7.92. The highest BCUT2D eigenvalue weighted by Crippen LogP contribution is 2.63. The highest BCUT2D eigenvalue weighted by atomic mass is 32.1. The second kappa shape index (κ2) is 14.1. The maximum Gasteiger partial charge on any atom is 0.142 e. The molecule has 0 amide bonds. The Morgan fingerprint density at radius 1 is 0.413 bits per heavy atom. The van der Waals surface area contributed by atoms with Gasteiger partial charge in [-0.25, -0.2) is 0 Å². The van der Waals surface area contributed by atoms with Crippen molar-refractivity contribution in [3.63, 3.8) is 0 Å². The number of furan rings is 1. The number of anilines is 3. The molecule has 63 heavy (non-hydrogen) atoms. The summed E-state index contributed by atoms with van der Waals surface area (Å²) in [7, 11) is 0. The highest BCUT2D eigenvalue weighted by Gasteiger charge is 2.51. The summed E-state index contributed by atoms with van der Waals surface area (Å²) in [4.78, 5) is 3.70. The van der Waals surface area contributed by atoms with Gasteiger partial charge in [0.25, 0.3) is 0 Å². The van der Waals surface area contributed by atoms with E-state index in [0.29, 0.717) is 0 Å². The number of rotatable bonds is 6. The zero-order chi connectivity index (χ0) is 41.5. The number of hydrogen-bond acceptors (Lipinski definition) is 4. The fourth-order valence-electron chi connectivity index (χ4n) is 10.3. The predicted octanol–water partition coefficient (Wildman–Crippen LogP) is 16.6. The van der Waals surface area contributed by atoms with Crippen molar-refractivity contribution in [1.29, 1.82) is 0 Å². The summed E-state index contributed by atoms with van der Waals surface area (Å²) in [6.07, 6.45) is 0. The fourth-order valence-corrected chi connectivity index (χ4v) is 11.4. The molecule has 1 spiro atoms. The average molecular weight is 824 g/mol. The first kappa shape index (κ1) is 35.8. The topological polar surface area (TPSA) is 25.6 Å². The Kier molecular flexibility index (Phi) is 7.99. The number of benzene rings is 9. The maximum atomic E-state index is 6.70. The summed E-state index contributed by atoms with van der Waals surface area (Å²) in [6, 6.07) is 80.8. The first-order chi connectivity index (χ1) is 31.2. The van der Waals surface area contributed by atoms with E-state index in [4.69, 9.17) is 9.15 Å². The molecule has 3 nitrogen and oxygen atoms in total. The first-order valence-corrected chi connectivity index (χ1v) is 22.2. The minimum Gasteiger partial charge on any atom is -0.457 e. The monoisotopic (exact) mass is 823 g/mol. The molecule has 1 aliphatic carbocycles. The molecule has 13 rings (SSSR count). The third-order valence-electron chi connectivity index (χ3n) is 13.0. The molecule has 1 aliphatic heterocycles. The van der Waals surface area contributed by atoms with Crippen LogP contribution in [0.2, 0.25) is 0 Å². The summed E-state index contributed by atoms with van der Waals surface area (Å²) in [5.74, 6) is 2.63. The number of thiophene rings is 1. The molecular weight excluding hydrogens is 787 g/mol. The second-order valence-electron chi connectivity index (χ2n) is 16.3. The molecule has 0 atom stereocenters. The Morgan fingerprint density at radius 2 is 1.02 bits per heavy atom. The molecule has 0 saturated carbocycles. The van der Waals surface area contributed by atoms with Gasteiger partial charge in [-0.3, -0.25) is 0 Å².